The van der Waals surface area contributed by atoms with Crippen molar-refractivity contribution < 1.29 is 13.2 Å². The number of rotatable bonds is 4. The molecule has 2 aromatic rings. The summed E-state index contributed by atoms with van der Waals surface area (Å²) in [5, 5.41) is 3.32. The monoisotopic (exact) mass is 299 g/mol. The van der Waals surface area contributed by atoms with Gasteiger partial charge in [0.25, 0.3) is 0 Å². The lowest BCUT2D eigenvalue weighted by Gasteiger charge is -2.09. The van der Waals surface area contributed by atoms with Crippen molar-refractivity contribution in [3.05, 3.63) is 46.8 Å². The highest BCUT2D eigenvalue weighted by Crippen LogP contribution is 2.34. The first-order chi connectivity index (χ1) is 9.41. The Morgan fingerprint density at radius 2 is 1.75 bits per heavy atom. The summed E-state index contributed by atoms with van der Waals surface area (Å²) < 4.78 is 37.5. The van der Waals surface area contributed by atoms with E-state index in [1.54, 1.807) is 11.3 Å². The molecule has 1 aromatic heterocycles. The summed E-state index contributed by atoms with van der Waals surface area (Å²) in [6.45, 7) is 5.00. The first-order valence-electron chi connectivity index (χ1n) is 6.42. The van der Waals surface area contributed by atoms with Gasteiger partial charge in [-0.25, -0.2) is 0 Å². The van der Waals surface area contributed by atoms with E-state index in [0.29, 0.717) is 0 Å². The molecule has 0 aliphatic heterocycles. The van der Waals surface area contributed by atoms with E-state index in [-0.39, 0.29) is 6.04 Å². The molecule has 2 rings (SSSR count). The summed E-state index contributed by atoms with van der Waals surface area (Å²) in [6, 6.07) is 9.53. The van der Waals surface area contributed by atoms with Gasteiger partial charge in [0, 0.05) is 15.8 Å². The molecule has 20 heavy (non-hydrogen) atoms. The van der Waals surface area contributed by atoms with E-state index in [9.17, 15) is 13.2 Å². The Hall–Kier alpha value is -1.33. The minimum absolute atomic E-state index is 0.258. The van der Waals surface area contributed by atoms with Gasteiger partial charge in [0.1, 0.15) is 0 Å². The van der Waals surface area contributed by atoms with Gasteiger partial charge in [-0.1, -0.05) is 19.1 Å². The predicted molar refractivity (Wildman–Crippen MR) is 76.8 cm³/mol. The summed E-state index contributed by atoms with van der Waals surface area (Å²) in [5.74, 6) is 0. The van der Waals surface area contributed by atoms with Crippen LogP contribution in [0.4, 0.5) is 13.2 Å². The second kappa shape index (κ2) is 5.97. The van der Waals surface area contributed by atoms with Gasteiger partial charge in [0.2, 0.25) is 0 Å². The highest BCUT2D eigenvalue weighted by molar-refractivity contribution is 7.15. The van der Waals surface area contributed by atoms with Crippen LogP contribution in [0.2, 0.25) is 0 Å². The fourth-order valence-electron chi connectivity index (χ4n) is 1.97. The molecule has 0 radical (unpaired) electrons. The molecule has 1 N–H and O–H groups in total. The number of alkyl halides is 3. The summed E-state index contributed by atoms with van der Waals surface area (Å²) >= 11 is 1.60. The van der Waals surface area contributed by atoms with Crippen LogP contribution in [0.15, 0.2) is 36.4 Å². The molecule has 0 aliphatic rings. The van der Waals surface area contributed by atoms with E-state index < -0.39 is 11.7 Å². The third kappa shape index (κ3) is 3.41. The normalized spacial score (nSPS) is 13.4. The highest BCUT2D eigenvalue weighted by Gasteiger charge is 2.30. The third-order valence-corrected chi connectivity index (χ3v) is 4.38. The standard InChI is InChI=1S/C15H16F3NS/c1-3-19-10(2)13-8-9-14(20-13)11-4-6-12(7-5-11)15(16,17)18/h4-10,19H,3H2,1-2H3. The van der Waals surface area contributed by atoms with Crippen LogP contribution in [0.3, 0.4) is 0 Å². The topological polar surface area (TPSA) is 12.0 Å². The Morgan fingerprint density at radius 3 is 2.30 bits per heavy atom. The summed E-state index contributed by atoms with van der Waals surface area (Å²) in [6.07, 6.45) is -4.28. The smallest absolute Gasteiger partial charge is 0.310 e. The van der Waals surface area contributed by atoms with Crippen LogP contribution in [0.5, 0.6) is 0 Å². The molecule has 0 aliphatic carbocycles. The maximum absolute atomic E-state index is 12.5. The molecular formula is C15H16F3NS. The Kier molecular flexibility index (Phi) is 4.50. The first-order valence-corrected chi connectivity index (χ1v) is 7.24. The zero-order chi connectivity index (χ0) is 14.8. The van der Waals surface area contributed by atoms with Crippen LogP contribution in [0.1, 0.15) is 30.3 Å². The number of thiophene rings is 1. The molecule has 0 fully saturated rings. The largest absolute Gasteiger partial charge is 0.416 e. The zero-order valence-corrected chi connectivity index (χ0v) is 12.1. The molecule has 1 nitrogen and oxygen atoms in total. The van der Waals surface area contributed by atoms with Crippen molar-refractivity contribution in [1.82, 2.24) is 5.32 Å². The number of hydrogen-bond donors (Lipinski definition) is 1. The van der Waals surface area contributed by atoms with Crippen LogP contribution >= 0.6 is 11.3 Å². The van der Waals surface area contributed by atoms with Gasteiger partial charge in [-0.05, 0) is 43.3 Å². The maximum Gasteiger partial charge on any atom is 0.416 e. The van der Waals surface area contributed by atoms with Crippen LogP contribution in [0, 0.1) is 0 Å². The fourth-order valence-corrected chi connectivity index (χ4v) is 3.01. The van der Waals surface area contributed by atoms with Gasteiger partial charge < -0.3 is 5.32 Å². The van der Waals surface area contributed by atoms with E-state index >= 15 is 0 Å². The Balaban J connectivity index is 2.20. The molecule has 1 atom stereocenters. The summed E-state index contributed by atoms with van der Waals surface area (Å²) in [4.78, 5) is 2.17. The van der Waals surface area contributed by atoms with Gasteiger partial charge in [-0.15, -0.1) is 11.3 Å². The van der Waals surface area contributed by atoms with Crippen LogP contribution in [0.25, 0.3) is 10.4 Å². The van der Waals surface area contributed by atoms with E-state index in [1.165, 1.54) is 17.0 Å². The number of halogens is 3. The molecule has 0 saturated carbocycles. The van der Waals surface area contributed by atoms with Crippen molar-refractivity contribution in [3.63, 3.8) is 0 Å². The molecule has 5 heteroatoms. The van der Waals surface area contributed by atoms with Gasteiger partial charge in [-0.2, -0.15) is 13.2 Å². The number of hydrogen-bond acceptors (Lipinski definition) is 2. The van der Waals surface area contributed by atoms with Crippen LogP contribution in [-0.2, 0) is 6.18 Å². The van der Waals surface area contributed by atoms with Gasteiger partial charge in [0.05, 0.1) is 5.56 Å². The lowest BCUT2D eigenvalue weighted by molar-refractivity contribution is -0.137. The average Bonchev–Trinajstić information content (AvgIpc) is 2.88. The molecule has 0 bridgehead atoms. The van der Waals surface area contributed by atoms with Gasteiger partial charge >= 0.3 is 6.18 Å². The molecule has 0 amide bonds. The first kappa shape index (κ1) is 15.1. The lowest BCUT2D eigenvalue weighted by atomic mass is 10.1. The second-order valence-corrected chi connectivity index (χ2v) is 5.67. The predicted octanol–water partition coefficient (Wildman–Crippen LogP) is 5.10. The Labute approximate surface area is 120 Å². The van der Waals surface area contributed by atoms with E-state index in [1.807, 2.05) is 19.1 Å². The number of benzene rings is 1. The average molecular weight is 299 g/mol. The van der Waals surface area contributed by atoms with Gasteiger partial charge in [0.15, 0.2) is 0 Å². The van der Waals surface area contributed by atoms with Crippen molar-refractivity contribution in [2.24, 2.45) is 0 Å². The molecule has 0 saturated heterocycles. The van der Waals surface area contributed by atoms with Crippen molar-refractivity contribution in [2.75, 3.05) is 6.54 Å². The summed E-state index contributed by atoms with van der Waals surface area (Å²) in [7, 11) is 0. The van der Waals surface area contributed by atoms with E-state index in [2.05, 4.69) is 12.2 Å². The van der Waals surface area contributed by atoms with E-state index in [4.69, 9.17) is 0 Å². The summed E-state index contributed by atoms with van der Waals surface area (Å²) in [5.41, 5.74) is 0.206. The van der Waals surface area contributed by atoms with Crippen LogP contribution < -0.4 is 5.32 Å². The lowest BCUT2D eigenvalue weighted by Crippen LogP contribution is -2.16. The Morgan fingerprint density at radius 1 is 1.10 bits per heavy atom. The van der Waals surface area contributed by atoms with Crippen molar-refractivity contribution in [1.29, 1.82) is 0 Å². The fraction of sp³-hybridized carbons (Fsp3) is 0.333. The molecule has 1 heterocycles. The third-order valence-electron chi connectivity index (χ3n) is 3.06. The maximum atomic E-state index is 12.5. The van der Waals surface area contributed by atoms with Crippen molar-refractivity contribution >= 4 is 11.3 Å². The van der Waals surface area contributed by atoms with Crippen molar-refractivity contribution in [2.45, 2.75) is 26.1 Å². The van der Waals surface area contributed by atoms with Crippen molar-refractivity contribution in [3.8, 4) is 10.4 Å². The molecule has 108 valence electrons. The van der Waals surface area contributed by atoms with Crippen LogP contribution in [-0.4, -0.2) is 6.54 Å². The SMILES string of the molecule is CCNC(C)c1ccc(-c2ccc(C(F)(F)F)cc2)s1. The minimum Gasteiger partial charge on any atom is -0.310 e. The second-order valence-electron chi connectivity index (χ2n) is 4.56. The minimum atomic E-state index is -4.28. The Bertz CT molecular complexity index is 557. The molecule has 1 unspecified atom stereocenters. The highest BCUT2D eigenvalue weighted by atomic mass is 32.1. The quantitative estimate of drug-likeness (QED) is 0.827. The molecular weight excluding hydrogens is 283 g/mol. The number of nitrogens with one attached hydrogen (secondary N) is 1. The zero-order valence-electron chi connectivity index (χ0n) is 11.3. The molecule has 0 spiro atoms. The van der Waals surface area contributed by atoms with E-state index in [0.717, 1.165) is 29.1 Å². The molecule has 1 aromatic carbocycles. The van der Waals surface area contributed by atoms with Gasteiger partial charge in [-0.3, -0.25) is 0 Å².